The Morgan fingerprint density at radius 2 is 1.94 bits per heavy atom. The molecule has 1 aromatic rings. The molecule has 0 radical (unpaired) electrons. The highest BCUT2D eigenvalue weighted by atomic mass is 127. The summed E-state index contributed by atoms with van der Waals surface area (Å²) in [5.74, 6) is 0. The van der Waals surface area contributed by atoms with Crippen LogP contribution in [0.4, 0.5) is 0 Å². The first-order chi connectivity index (χ1) is 8.05. The lowest BCUT2D eigenvalue weighted by molar-refractivity contribution is -0.110. The fourth-order valence-corrected chi connectivity index (χ4v) is 3.93. The van der Waals surface area contributed by atoms with Gasteiger partial charge in [-0.1, -0.05) is 0 Å². The number of hydrogen-bond acceptors (Lipinski definition) is 3. The van der Waals surface area contributed by atoms with Crippen molar-refractivity contribution in [3.05, 3.63) is 27.8 Å². The zero-order chi connectivity index (χ0) is 12.5. The van der Waals surface area contributed by atoms with Crippen molar-refractivity contribution in [3.63, 3.8) is 0 Å². The van der Waals surface area contributed by atoms with E-state index in [1.807, 2.05) is 0 Å². The Labute approximate surface area is 114 Å². The van der Waals surface area contributed by atoms with Crippen LogP contribution in [-0.2, 0) is 14.8 Å². The molecular weight excluding hydrogens is 353 g/mol. The van der Waals surface area contributed by atoms with E-state index in [9.17, 15) is 13.2 Å². The third kappa shape index (κ3) is 2.53. The molecule has 92 valence electrons. The maximum absolute atomic E-state index is 12.3. The first-order valence-electron chi connectivity index (χ1n) is 5.28. The standard InChI is InChI=1S/C11H12INO3S/c12-9-3-5-11(6-4-9)17(15,16)13-7-1-2-10(13)8-14/h3-6,8,10H,1-2,7H2/t10-/m0/s1. The molecule has 6 heteroatoms. The van der Waals surface area contributed by atoms with Crippen molar-refractivity contribution in [2.24, 2.45) is 0 Å². The van der Waals surface area contributed by atoms with E-state index in [-0.39, 0.29) is 4.90 Å². The van der Waals surface area contributed by atoms with Crippen LogP contribution in [0, 0.1) is 3.57 Å². The van der Waals surface area contributed by atoms with Crippen molar-refractivity contribution >= 4 is 38.9 Å². The van der Waals surface area contributed by atoms with Crippen LogP contribution in [0.5, 0.6) is 0 Å². The van der Waals surface area contributed by atoms with E-state index in [0.29, 0.717) is 13.0 Å². The van der Waals surface area contributed by atoms with Crippen molar-refractivity contribution < 1.29 is 13.2 Å². The van der Waals surface area contributed by atoms with Crippen LogP contribution in [0.2, 0.25) is 0 Å². The van der Waals surface area contributed by atoms with Crippen LogP contribution in [0.25, 0.3) is 0 Å². The van der Waals surface area contributed by atoms with E-state index in [0.717, 1.165) is 16.3 Å². The molecule has 0 spiro atoms. The maximum atomic E-state index is 12.3. The van der Waals surface area contributed by atoms with Crippen molar-refractivity contribution in [3.8, 4) is 0 Å². The molecule has 0 aromatic heterocycles. The first kappa shape index (κ1) is 13.0. The van der Waals surface area contributed by atoms with Gasteiger partial charge in [-0.15, -0.1) is 0 Å². The van der Waals surface area contributed by atoms with E-state index in [1.54, 1.807) is 24.3 Å². The number of rotatable bonds is 3. The first-order valence-corrected chi connectivity index (χ1v) is 7.80. The molecule has 17 heavy (non-hydrogen) atoms. The smallest absolute Gasteiger partial charge is 0.243 e. The van der Waals surface area contributed by atoms with Crippen molar-refractivity contribution in [1.82, 2.24) is 4.31 Å². The normalized spacial score (nSPS) is 21.6. The van der Waals surface area contributed by atoms with Crippen LogP contribution >= 0.6 is 22.6 Å². The van der Waals surface area contributed by atoms with Gasteiger partial charge in [-0.05, 0) is 59.7 Å². The Morgan fingerprint density at radius 3 is 2.53 bits per heavy atom. The van der Waals surface area contributed by atoms with Gasteiger partial charge < -0.3 is 4.79 Å². The zero-order valence-electron chi connectivity index (χ0n) is 9.04. The summed E-state index contributed by atoms with van der Waals surface area (Å²) >= 11 is 2.12. The molecule has 1 aliphatic heterocycles. The third-order valence-corrected chi connectivity index (χ3v) is 5.48. The van der Waals surface area contributed by atoms with Crippen LogP contribution in [0.15, 0.2) is 29.2 Å². The van der Waals surface area contributed by atoms with Crippen molar-refractivity contribution in [2.75, 3.05) is 6.54 Å². The molecule has 4 nitrogen and oxygen atoms in total. The highest BCUT2D eigenvalue weighted by Gasteiger charge is 2.34. The van der Waals surface area contributed by atoms with Gasteiger partial charge >= 0.3 is 0 Å². The average molecular weight is 365 g/mol. The number of aldehydes is 1. The molecule has 1 heterocycles. The SMILES string of the molecule is O=C[C@@H]1CCCN1S(=O)(=O)c1ccc(I)cc1. The lowest BCUT2D eigenvalue weighted by Crippen LogP contribution is -2.36. The van der Waals surface area contributed by atoms with E-state index in [2.05, 4.69) is 22.6 Å². The van der Waals surface area contributed by atoms with Gasteiger partial charge in [0.1, 0.15) is 6.29 Å². The highest BCUT2D eigenvalue weighted by molar-refractivity contribution is 14.1. The Balaban J connectivity index is 2.36. The van der Waals surface area contributed by atoms with Crippen LogP contribution in [0.1, 0.15) is 12.8 Å². The highest BCUT2D eigenvalue weighted by Crippen LogP contribution is 2.25. The predicted molar refractivity (Wildman–Crippen MR) is 72.1 cm³/mol. The summed E-state index contributed by atoms with van der Waals surface area (Å²) in [5.41, 5.74) is 0. The summed E-state index contributed by atoms with van der Waals surface area (Å²) < 4.78 is 26.8. The minimum absolute atomic E-state index is 0.256. The second-order valence-corrected chi connectivity index (χ2v) is 7.05. The second kappa shape index (κ2) is 5.03. The topological polar surface area (TPSA) is 54.5 Å². The Morgan fingerprint density at radius 1 is 1.29 bits per heavy atom. The molecule has 1 aliphatic rings. The molecule has 0 unspecified atom stereocenters. The number of halogens is 1. The number of sulfonamides is 1. The fourth-order valence-electron chi connectivity index (χ4n) is 1.94. The zero-order valence-corrected chi connectivity index (χ0v) is 12.0. The fraction of sp³-hybridized carbons (Fsp3) is 0.364. The second-order valence-electron chi connectivity index (χ2n) is 3.92. The average Bonchev–Trinajstić information content (AvgIpc) is 2.78. The Kier molecular flexibility index (Phi) is 3.84. The summed E-state index contributed by atoms with van der Waals surface area (Å²) in [5, 5.41) is 0. The van der Waals surface area contributed by atoms with Gasteiger partial charge in [0.25, 0.3) is 0 Å². The van der Waals surface area contributed by atoms with E-state index >= 15 is 0 Å². The van der Waals surface area contributed by atoms with Crippen LogP contribution in [0.3, 0.4) is 0 Å². The maximum Gasteiger partial charge on any atom is 0.243 e. The van der Waals surface area contributed by atoms with Gasteiger partial charge in [-0.2, -0.15) is 4.31 Å². The molecule has 0 N–H and O–H groups in total. The summed E-state index contributed by atoms with van der Waals surface area (Å²) in [6, 6.07) is 6.16. The van der Waals surface area contributed by atoms with Crippen molar-refractivity contribution in [2.45, 2.75) is 23.8 Å². The molecule has 2 rings (SSSR count). The molecular formula is C11H12INO3S. The van der Waals surface area contributed by atoms with E-state index in [4.69, 9.17) is 0 Å². The van der Waals surface area contributed by atoms with E-state index < -0.39 is 16.1 Å². The van der Waals surface area contributed by atoms with Crippen LogP contribution in [-0.4, -0.2) is 31.6 Å². The number of hydrogen-bond donors (Lipinski definition) is 0. The Hall–Kier alpha value is -0.470. The minimum Gasteiger partial charge on any atom is -0.302 e. The number of benzene rings is 1. The predicted octanol–water partition coefficient (Wildman–Crippen LogP) is 1.64. The number of nitrogens with zero attached hydrogens (tertiary/aromatic N) is 1. The summed E-state index contributed by atoms with van der Waals surface area (Å²) in [7, 11) is -3.52. The molecule has 0 aliphatic carbocycles. The van der Waals surface area contributed by atoms with Gasteiger partial charge in [-0.3, -0.25) is 0 Å². The number of carbonyl (C=O) groups is 1. The quantitative estimate of drug-likeness (QED) is 0.605. The minimum atomic E-state index is -3.52. The molecule has 1 atom stereocenters. The van der Waals surface area contributed by atoms with Crippen molar-refractivity contribution in [1.29, 1.82) is 0 Å². The summed E-state index contributed by atoms with van der Waals surface area (Å²) in [6.07, 6.45) is 2.08. The lowest BCUT2D eigenvalue weighted by atomic mass is 10.2. The van der Waals surface area contributed by atoms with Crippen LogP contribution < -0.4 is 0 Å². The van der Waals surface area contributed by atoms with Gasteiger partial charge in [0.05, 0.1) is 10.9 Å². The summed E-state index contributed by atoms with van der Waals surface area (Å²) in [4.78, 5) is 11.1. The van der Waals surface area contributed by atoms with Gasteiger partial charge in [0, 0.05) is 10.1 Å². The monoisotopic (exact) mass is 365 g/mol. The third-order valence-electron chi connectivity index (χ3n) is 2.83. The molecule has 1 fully saturated rings. The van der Waals surface area contributed by atoms with Gasteiger partial charge in [-0.25, -0.2) is 8.42 Å². The molecule has 0 amide bonds. The lowest BCUT2D eigenvalue weighted by Gasteiger charge is -2.19. The Bertz CT molecular complexity index is 512. The summed E-state index contributed by atoms with van der Waals surface area (Å²) in [6.45, 7) is 0.428. The molecule has 0 bridgehead atoms. The largest absolute Gasteiger partial charge is 0.302 e. The van der Waals surface area contributed by atoms with Gasteiger partial charge in [0.2, 0.25) is 10.0 Å². The van der Waals surface area contributed by atoms with Gasteiger partial charge in [0.15, 0.2) is 0 Å². The molecule has 1 saturated heterocycles. The molecule has 1 aromatic carbocycles. The van der Waals surface area contributed by atoms with E-state index in [1.165, 1.54) is 4.31 Å². The molecule has 0 saturated carbocycles. The number of carbonyl (C=O) groups excluding carboxylic acids is 1.